The molecular weight excluding hydrogens is 226 g/mol. The maximum Gasteiger partial charge on any atom is 0.394 e. The van der Waals surface area contributed by atoms with Crippen molar-refractivity contribution < 1.29 is 24.2 Å². The molecule has 6 nitrogen and oxygen atoms in total. The minimum absolute atomic E-state index is 0.290. The molecule has 1 amide bonds. The van der Waals surface area contributed by atoms with Gasteiger partial charge in [0.05, 0.1) is 19.9 Å². The number of carboxylic acid groups (broad SMARTS) is 1. The van der Waals surface area contributed by atoms with Gasteiger partial charge in [-0.15, -0.1) is 0 Å². The number of rotatable bonds is 3. The molecule has 0 radical (unpaired) electrons. The standard InChI is InChI=1S/C11H13NO5/c1-6-8(16-2)5-4-7(9(6)17-3)12-10(13)11(14)15/h4-5H,1-3H3,(H,12,13)(H,14,15). The van der Waals surface area contributed by atoms with E-state index in [1.165, 1.54) is 20.3 Å². The second-order valence-electron chi connectivity index (χ2n) is 3.23. The third-order valence-electron chi connectivity index (χ3n) is 2.22. The molecule has 0 unspecified atom stereocenters. The van der Waals surface area contributed by atoms with E-state index < -0.39 is 11.9 Å². The second kappa shape index (κ2) is 5.20. The fraction of sp³-hybridized carbons (Fsp3) is 0.273. The van der Waals surface area contributed by atoms with Gasteiger partial charge in [0, 0.05) is 5.56 Å². The molecule has 17 heavy (non-hydrogen) atoms. The third-order valence-corrected chi connectivity index (χ3v) is 2.22. The van der Waals surface area contributed by atoms with E-state index in [1.54, 1.807) is 13.0 Å². The summed E-state index contributed by atoms with van der Waals surface area (Å²) in [5.74, 6) is -1.71. The van der Waals surface area contributed by atoms with Crippen molar-refractivity contribution in [2.75, 3.05) is 19.5 Å². The van der Waals surface area contributed by atoms with Crippen molar-refractivity contribution in [2.45, 2.75) is 6.92 Å². The van der Waals surface area contributed by atoms with Crippen LogP contribution in [0.25, 0.3) is 0 Å². The summed E-state index contributed by atoms with van der Waals surface area (Å²) in [5.41, 5.74) is 0.969. The maximum absolute atomic E-state index is 11.0. The molecule has 0 aliphatic heterocycles. The van der Waals surface area contributed by atoms with Crippen LogP contribution in [0.2, 0.25) is 0 Å². The van der Waals surface area contributed by atoms with Crippen molar-refractivity contribution in [3.63, 3.8) is 0 Å². The van der Waals surface area contributed by atoms with Crippen molar-refractivity contribution >= 4 is 17.6 Å². The van der Waals surface area contributed by atoms with Crippen LogP contribution in [0.1, 0.15) is 5.56 Å². The van der Waals surface area contributed by atoms with Crippen LogP contribution in [0.15, 0.2) is 12.1 Å². The van der Waals surface area contributed by atoms with Crippen LogP contribution in [-0.2, 0) is 9.59 Å². The second-order valence-corrected chi connectivity index (χ2v) is 3.23. The fourth-order valence-corrected chi connectivity index (χ4v) is 1.43. The highest BCUT2D eigenvalue weighted by Gasteiger charge is 2.16. The summed E-state index contributed by atoms with van der Waals surface area (Å²) in [5, 5.41) is 10.7. The van der Waals surface area contributed by atoms with Crippen LogP contribution in [0.4, 0.5) is 5.69 Å². The number of hydrogen-bond acceptors (Lipinski definition) is 4. The highest BCUT2D eigenvalue weighted by Crippen LogP contribution is 2.34. The van der Waals surface area contributed by atoms with Gasteiger partial charge in [0.1, 0.15) is 11.5 Å². The predicted octanol–water partition coefficient (Wildman–Crippen LogP) is 1.04. The van der Waals surface area contributed by atoms with Gasteiger partial charge in [0.2, 0.25) is 0 Å². The fourth-order valence-electron chi connectivity index (χ4n) is 1.43. The van der Waals surface area contributed by atoms with E-state index in [1.807, 2.05) is 0 Å². The smallest absolute Gasteiger partial charge is 0.394 e. The molecule has 2 N–H and O–H groups in total. The number of amides is 1. The Labute approximate surface area is 98.2 Å². The summed E-state index contributed by atoms with van der Waals surface area (Å²) < 4.78 is 10.2. The number of aliphatic carboxylic acids is 1. The summed E-state index contributed by atoms with van der Waals surface area (Å²) in [7, 11) is 2.94. The molecule has 1 aromatic carbocycles. The average molecular weight is 239 g/mol. The zero-order chi connectivity index (χ0) is 13.0. The van der Waals surface area contributed by atoms with Gasteiger partial charge in [-0.3, -0.25) is 4.79 Å². The lowest BCUT2D eigenvalue weighted by atomic mass is 10.1. The van der Waals surface area contributed by atoms with Crippen molar-refractivity contribution in [1.29, 1.82) is 0 Å². The van der Waals surface area contributed by atoms with E-state index in [-0.39, 0.29) is 0 Å². The van der Waals surface area contributed by atoms with Gasteiger partial charge in [-0.1, -0.05) is 0 Å². The van der Waals surface area contributed by atoms with Crippen molar-refractivity contribution in [3.8, 4) is 11.5 Å². The normalized spacial score (nSPS) is 9.59. The van der Waals surface area contributed by atoms with Gasteiger partial charge in [-0.05, 0) is 19.1 Å². The summed E-state index contributed by atoms with van der Waals surface area (Å²) in [6.45, 7) is 1.74. The summed E-state index contributed by atoms with van der Waals surface area (Å²) >= 11 is 0. The number of ether oxygens (including phenoxy) is 2. The van der Waals surface area contributed by atoms with Crippen LogP contribution in [0.3, 0.4) is 0 Å². The largest absolute Gasteiger partial charge is 0.496 e. The van der Waals surface area contributed by atoms with Gasteiger partial charge in [0.15, 0.2) is 0 Å². The molecule has 0 saturated heterocycles. The van der Waals surface area contributed by atoms with E-state index in [9.17, 15) is 9.59 Å². The molecule has 0 aliphatic rings. The maximum atomic E-state index is 11.0. The van der Waals surface area contributed by atoms with Crippen LogP contribution in [0.5, 0.6) is 11.5 Å². The molecule has 0 spiro atoms. The van der Waals surface area contributed by atoms with Crippen LogP contribution < -0.4 is 14.8 Å². The van der Waals surface area contributed by atoms with Gasteiger partial charge >= 0.3 is 11.9 Å². The van der Waals surface area contributed by atoms with Crippen molar-refractivity contribution in [1.82, 2.24) is 0 Å². The SMILES string of the molecule is COc1ccc(NC(=O)C(=O)O)c(OC)c1C. The Hall–Kier alpha value is -2.24. The Morgan fingerprint density at radius 2 is 1.88 bits per heavy atom. The monoisotopic (exact) mass is 239 g/mol. The average Bonchev–Trinajstić information content (AvgIpc) is 2.29. The van der Waals surface area contributed by atoms with Crippen LogP contribution in [-0.4, -0.2) is 31.2 Å². The van der Waals surface area contributed by atoms with Crippen molar-refractivity contribution in [3.05, 3.63) is 17.7 Å². The van der Waals surface area contributed by atoms with E-state index in [2.05, 4.69) is 5.32 Å². The number of carbonyl (C=O) groups is 2. The lowest BCUT2D eigenvalue weighted by molar-refractivity contribution is -0.147. The molecule has 1 rings (SSSR count). The van der Waals surface area contributed by atoms with Gasteiger partial charge in [0.25, 0.3) is 0 Å². The zero-order valence-electron chi connectivity index (χ0n) is 9.73. The van der Waals surface area contributed by atoms with E-state index in [4.69, 9.17) is 14.6 Å². The number of methoxy groups -OCH3 is 2. The highest BCUT2D eigenvalue weighted by molar-refractivity contribution is 6.36. The first-order valence-electron chi connectivity index (χ1n) is 4.77. The molecule has 0 atom stereocenters. The van der Waals surface area contributed by atoms with Gasteiger partial charge in [-0.2, -0.15) is 0 Å². The predicted molar refractivity (Wildman–Crippen MR) is 60.5 cm³/mol. The Morgan fingerprint density at radius 1 is 1.24 bits per heavy atom. The molecule has 0 bridgehead atoms. The molecular formula is C11H13NO5. The first kappa shape index (κ1) is 12.8. The Morgan fingerprint density at radius 3 is 2.35 bits per heavy atom. The molecule has 0 saturated carbocycles. The molecule has 0 fully saturated rings. The van der Waals surface area contributed by atoms with E-state index in [0.717, 1.165) is 0 Å². The van der Waals surface area contributed by atoms with Crippen LogP contribution >= 0.6 is 0 Å². The molecule has 0 aliphatic carbocycles. The third kappa shape index (κ3) is 2.66. The lowest BCUT2D eigenvalue weighted by Crippen LogP contribution is -2.22. The highest BCUT2D eigenvalue weighted by atomic mass is 16.5. The number of carboxylic acids is 1. The number of anilines is 1. The Kier molecular flexibility index (Phi) is 3.92. The molecule has 6 heteroatoms. The summed E-state index contributed by atoms with van der Waals surface area (Å²) in [6.07, 6.45) is 0. The molecule has 0 heterocycles. The van der Waals surface area contributed by atoms with Crippen LogP contribution in [0, 0.1) is 6.92 Å². The summed E-state index contributed by atoms with van der Waals surface area (Å²) in [4.78, 5) is 21.5. The van der Waals surface area contributed by atoms with E-state index in [0.29, 0.717) is 22.7 Å². The van der Waals surface area contributed by atoms with Gasteiger partial charge in [-0.25, -0.2) is 4.79 Å². The molecule has 0 aromatic heterocycles. The number of benzene rings is 1. The van der Waals surface area contributed by atoms with Gasteiger partial charge < -0.3 is 19.9 Å². The first-order valence-corrected chi connectivity index (χ1v) is 4.77. The number of hydrogen-bond donors (Lipinski definition) is 2. The lowest BCUT2D eigenvalue weighted by Gasteiger charge is -2.14. The first-order chi connectivity index (χ1) is 8.01. The molecule has 1 aromatic rings. The van der Waals surface area contributed by atoms with Crippen molar-refractivity contribution in [2.24, 2.45) is 0 Å². The summed E-state index contributed by atoms with van der Waals surface area (Å²) in [6, 6.07) is 3.14. The quantitative estimate of drug-likeness (QED) is 0.770. The Bertz CT molecular complexity index is 455. The number of nitrogens with one attached hydrogen (secondary N) is 1. The minimum Gasteiger partial charge on any atom is -0.496 e. The Balaban J connectivity index is 3.13. The molecule has 92 valence electrons. The minimum atomic E-state index is -1.56. The topological polar surface area (TPSA) is 84.9 Å². The zero-order valence-corrected chi connectivity index (χ0v) is 9.73. The van der Waals surface area contributed by atoms with E-state index >= 15 is 0 Å². The number of carbonyl (C=O) groups excluding carboxylic acids is 1.